The first kappa shape index (κ1) is 16.7. The minimum absolute atomic E-state index is 0.141. The lowest BCUT2D eigenvalue weighted by molar-refractivity contribution is -0.117. The van der Waals surface area contributed by atoms with E-state index in [4.69, 9.17) is 11.6 Å². The Kier molecular flexibility index (Phi) is 5.71. The van der Waals surface area contributed by atoms with Gasteiger partial charge in [-0.15, -0.1) is 0 Å². The van der Waals surface area contributed by atoms with Gasteiger partial charge in [0.05, 0.1) is 12.3 Å². The highest BCUT2D eigenvalue weighted by molar-refractivity contribution is 7.88. The Morgan fingerprint density at radius 2 is 1.68 bits per heavy atom. The van der Waals surface area contributed by atoms with Crippen LogP contribution in [0, 0.1) is 0 Å². The molecule has 6 heteroatoms. The highest BCUT2D eigenvalue weighted by Gasteiger charge is 2.13. The summed E-state index contributed by atoms with van der Waals surface area (Å²) in [6.07, 6.45) is 0.147. The van der Waals surface area contributed by atoms with Crippen molar-refractivity contribution in [2.24, 2.45) is 0 Å². The minimum Gasteiger partial charge on any atom is -0.298 e. The van der Waals surface area contributed by atoms with Crippen molar-refractivity contribution >= 4 is 27.4 Å². The van der Waals surface area contributed by atoms with Gasteiger partial charge in [0.25, 0.3) is 0 Å². The number of halogens is 1. The number of benzene rings is 2. The molecule has 0 spiro atoms. The van der Waals surface area contributed by atoms with Gasteiger partial charge in [-0.2, -0.15) is 0 Å². The SMILES string of the molecule is O=C(CNS(=O)(=O)Cc1ccccc1)Cc1cccc(Cl)c1. The minimum atomic E-state index is -3.53. The van der Waals surface area contributed by atoms with Gasteiger partial charge in [-0.05, 0) is 23.3 Å². The average Bonchev–Trinajstić information content (AvgIpc) is 2.46. The zero-order valence-corrected chi connectivity index (χ0v) is 13.4. The molecule has 116 valence electrons. The van der Waals surface area contributed by atoms with Crippen LogP contribution in [0.1, 0.15) is 11.1 Å². The maximum absolute atomic E-state index is 11.9. The maximum atomic E-state index is 11.9. The maximum Gasteiger partial charge on any atom is 0.216 e. The summed E-state index contributed by atoms with van der Waals surface area (Å²) in [4.78, 5) is 11.9. The quantitative estimate of drug-likeness (QED) is 0.844. The number of nitrogens with one attached hydrogen (secondary N) is 1. The zero-order valence-electron chi connectivity index (χ0n) is 11.8. The van der Waals surface area contributed by atoms with Crippen LogP contribution in [0.3, 0.4) is 0 Å². The molecule has 0 saturated carbocycles. The van der Waals surface area contributed by atoms with E-state index >= 15 is 0 Å². The van der Waals surface area contributed by atoms with E-state index in [0.29, 0.717) is 10.6 Å². The summed E-state index contributed by atoms with van der Waals surface area (Å²) >= 11 is 5.85. The van der Waals surface area contributed by atoms with Gasteiger partial charge in [0.15, 0.2) is 5.78 Å². The molecule has 0 aromatic heterocycles. The highest BCUT2D eigenvalue weighted by atomic mass is 35.5. The molecular weight excluding hydrogens is 322 g/mol. The fourth-order valence-corrected chi connectivity index (χ4v) is 3.30. The average molecular weight is 338 g/mol. The van der Waals surface area contributed by atoms with Crippen molar-refractivity contribution in [2.45, 2.75) is 12.2 Å². The molecule has 0 radical (unpaired) electrons. The molecule has 22 heavy (non-hydrogen) atoms. The number of ketones is 1. The number of sulfonamides is 1. The predicted octanol–water partition coefficient (Wildman–Crippen LogP) is 2.57. The van der Waals surface area contributed by atoms with E-state index in [2.05, 4.69) is 4.72 Å². The largest absolute Gasteiger partial charge is 0.298 e. The summed E-state index contributed by atoms with van der Waals surface area (Å²) in [6.45, 7) is -0.221. The molecule has 0 amide bonds. The molecule has 0 heterocycles. The monoisotopic (exact) mass is 337 g/mol. The van der Waals surface area contributed by atoms with Gasteiger partial charge in [0.2, 0.25) is 10.0 Å². The summed E-state index contributed by atoms with van der Waals surface area (Å²) in [5.74, 6) is -0.350. The molecule has 0 unspecified atom stereocenters. The number of hydrogen-bond donors (Lipinski definition) is 1. The van der Waals surface area contributed by atoms with Crippen LogP contribution in [0.5, 0.6) is 0 Å². The molecule has 0 saturated heterocycles. The second kappa shape index (κ2) is 7.54. The topological polar surface area (TPSA) is 63.2 Å². The van der Waals surface area contributed by atoms with Crippen LogP contribution in [0.2, 0.25) is 5.02 Å². The summed E-state index contributed by atoms with van der Waals surface area (Å²) < 4.78 is 26.2. The molecule has 1 N–H and O–H groups in total. The fourth-order valence-electron chi connectivity index (χ4n) is 1.97. The Morgan fingerprint density at radius 3 is 2.36 bits per heavy atom. The molecule has 2 rings (SSSR count). The number of hydrogen-bond acceptors (Lipinski definition) is 3. The van der Waals surface area contributed by atoms with E-state index in [1.54, 1.807) is 48.5 Å². The van der Waals surface area contributed by atoms with Gasteiger partial charge in [-0.3, -0.25) is 4.79 Å². The van der Waals surface area contributed by atoms with Gasteiger partial charge in [0, 0.05) is 11.4 Å². The van der Waals surface area contributed by atoms with Crippen LogP contribution in [0.25, 0.3) is 0 Å². The van der Waals surface area contributed by atoms with Crippen molar-refractivity contribution in [2.75, 3.05) is 6.54 Å². The Bertz CT molecular complexity index is 745. The van der Waals surface area contributed by atoms with E-state index in [-0.39, 0.29) is 24.5 Å². The third-order valence-corrected chi connectivity index (χ3v) is 4.51. The van der Waals surface area contributed by atoms with E-state index in [0.717, 1.165) is 5.56 Å². The lowest BCUT2D eigenvalue weighted by Crippen LogP contribution is -2.31. The summed E-state index contributed by atoms with van der Waals surface area (Å²) in [7, 11) is -3.53. The smallest absolute Gasteiger partial charge is 0.216 e. The van der Waals surface area contributed by atoms with Crippen LogP contribution < -0.4 is 4.72 Å². The molecule has 0 aliphatic heterocycles. The van der Waals surface area contributed by atoms with Crippen molar-refractivity contribution in [3.8, 4) is 0 Å². The van der Waals surface area contributed by atoms with Crippen molar-refractivity contribution in [3.63, 3.8) is 0 Å². The summed E-state index contributed by atoms with van der Waals surface area (Å²) in [5.41, 5.74) is 1.44. The fraction of sp³-hybridized carbons (Fsp3) is 0.188. The van der Waals surface area contributed by atoms with Gasteiger partial charge in [-0.1, -0.05) is 54.1 Å². The molecule has 2 aromatic rings. The first-order chi connectivity index (χ1) is 10.4. The van der Waals surface area contributed by atoms with Crippen LogP contribution in [-0.2, 0) is 27.0 Å². The van der Waals surface area contributed by atoms with Crippen molar-refractivity contribution < 1.29 is 13.2 Å². The Balaban J connectivity index is 1.87. The molecular formula is C16H16ClNO3S. The Labute approximate surface area is 135 Å². The van der Waals surface area contributed by atoms with Crippen LogP contribution >= 0.6 is 11.6 Å². The van der Waals surface area contributed by atoms with Gasteiger partial charge < -0.3 is 0 Å². The zero-order chi connectivity index (χ0) is 16.0. The molecule has 0 fully saturated rings. The molecule has 0 bridgehead atoms. The van der Waals surface area contributed by atoms with Gasteiger partial charge in [-0.25, -0.2) is 13.1 Å². The third kappa shape index (κ3) is 5.60. The number of carbonyl (C=O) groups excluding carboxylic acids is 1. The molecule has 0 aliphatic carbocycles. The highest BCUT2D eigenvalue weighted by Crippen LogP contribution is 2.11. The van der Waals surface area contributed by atoms with Crippen LogP contribution in [0.4, 0.5) is 0 Å². The lowest BCUT2D eigenvalue weighted by atomic mass is 10.1. The number of carbonyl (C=O) groups is 1. The van der Waals surface area contributed by atoms with Crippen molar-refractivity contribution in [1.82, 2.24) is 4.72 Å². The summed E-state index contributed by atoms with van der Waals surface area (Å²) in [6, 6.07) is 15.8. The van der Waals surface area contributed by atoms with Gasteiger partial charge >= 0.3 is 0 Å². The van der Waals surface area contributed by atoms with E-state index in [1.165, 1.54) is 0 Å². The predicted molar refractivity (Wildman–Crippen MR) is 87.2 cm³/mol. The second-order valence-electron chi connectivity index (χ2n) is 4.91. The standard InChI is InChI=1S/C16H16ClNO3S/c17-15-8-4-7-14(9-15)10-16(19)11-18-22(20,21)12-13-5-2-1-3-6-13/h1-9,18H,10-12H2. The second-order valence-corrected chi connectivity index (χ2v) is 7.15. The number of rotatable bonds is 7. The van der Waals surface area contributed by atoms with Crippen LogP contribution in [0.15, 0.2) is 54.6 Å². The van der Waals surface area contributed by atoms with Crippen molar-refractivity contribution in [1.29, 1.82) is 0 Å². The first-order valence-electron chi connectivity index (χ1n) is 6.72. The molecule has 2 aromatic carbocycles. The van der Waals surface area contributed by atoms with Gasteiger partial charge in [0.1, 0.15) is 0 Å². The Hall–Kier alpha value is -1.69. The number of Topliss-reactive ketones (excluding diaryl/α,β-unsaturated/α-hetero) is 1. The molecule has 0 atom stereocenters. The first-order valence-corrected chi connectivity index (χ1v) is 8.75. The van der Waals surface area contributed by atoms with Crippen molar-refractivity contribution in [3.05, 3.63) is 70.7 Å². The lowest BCUT2D eigenvalue weighted by Gasteiger charge is -2.06. The van der Waals surface area contributed by atoms with Crippen LogP contribution in [-0.4, -0.2) is 20.7 Å². The third-order valence-electron chi connectivity index (χ3n) is 2.98. The Morgan fingerprint density at radius 1 is 1.00 bits per heavy atom. The normalized spacial score (nSPS) is 11.3. The van der Waals surface area contributed by atoms with E-state index < -0.39 is 10.0 Å². The molecule has 4 nitrogen and oxygen atoms in total. The van der Waals surface area contributed by atoms with E-state index in [1.807, 2.05) is 6.07 Å². The summed E-state index contributed by atoms with van der Waals surface area (Å²) in [5, 5.41) is 0.551. The molecule has 0 aliphatic rings. The van der Waals surface area contributed by atoms with E-state index in [9.17, 15) is 13.2 Å².